The number of benzene rings is 3. The molecule has 3 aromatic rings. The van der Waals surface area contributed by atoms with E-state index >= 15 is 0 Å². The number of anilines is 1. The van der Waals surface area contributed by atoms with Crippen molar-refractivity contribution in [2.24, 2.45) is 11.8 Å². The van der Waals surface area contributed by atoms with Gasteiger partial charge in [0.25, 0.3) is 0 Å². The van der Waals surface area contributed by atoms with E-state index in [0.29, 0.717) is 17.9 Å². The summed E-state index contributed by atoms with van der Waals surface area (Å²) in [5.41, 5.74) is 5.02. The Hall–Kier alpha value is -3.93. The zero-order chi connectivity index (χ0) is 25.7. The van der Waals surface area contributed by atoms with Gasteiger partial charge in [0.15, 0.2) is 0 Å². The van der Waals surface area contributed by atoms with E-state index in [0.717, 1.165) is 35.1 Å². The first-order valence-corrected chi connectivity index (χ1v) is 13.0. The average Bonchev–Trinajstić information content (AvgIpc) is 3.19. The first kappa shape index (κ1) is 23.5. The fraction of sp³-hybridized carbons (Fsp3) is 0.323. The van der Waals surface area contributed by atoms with Crippen LogP contribution in [0, 0.1) is 11.8 Å². The molecule has 2 bridgehead atoms. The van der Waals surface area contributed by atoms with Gasteiger partial charge in [0.2, 0.25) is 17.7 Å². The van der Waals surface area contributed by atoms with Crippen molar-refractivity contribution in [3.63, 3.8) is 0 Å². The van der Waals surface area contributed by atoms with Crippen LogP contribution in [-0.2, 0) is 14.4 Å². The van der Waals surface area contributed by atoms with E-state index in [9.17, 15) is 14.4 Å². The lowest BCUT2D eigenvalue weighted by atomic mass is 9.55. The summed E-state index contributed by atoms with van der Waals surface area (Å²) in [4.78, 5) is 43.3. The summed E-state index contributed by atoms with van der Waals surface area (Å²) in [5, 5.41) is 2.93. The lowest BCUT2D eigenvalue weighted by Crippen LogP contribution is -2.48. The molecule has 3 amide bonds. The number of nitrogens with one attached hydrogen (secondary N) is 1. The standard InChI is InChI=1S/C31H30N2O4/c1-3-4-16-23(29(34)32-22-15-9-10-17-24(22)37-2)33-30(35)27-25-18-11-5-6-12-19(18)26(28(27)31(33)36)21-14-8-7-13-20(21)25/h5-15,17,23,25-28H,3-4,16H2,1-2H3,(H,32,34)/t23-,25?,26?,27-,28+/m1/s1. The Kier molecular flexibility index (Phi) is 5.82. The van der Waals surface area contributed by atoms with Crippen molar-refractivity contribution in [2.45, 2.75) is 44.1 Å². The average molecular weight is 495 g/mol. The minimum absolute atomic E-state index is 0.187. The van der Waals surface area contributed by atoms with Crippen LogP contribution in [0.25, 0.3) is 0 Å². The number of carbonyl (C=O) groups is 3. The SMILES string of the molecule is CCCC[C@H](C(=O)Nc1ccccc1OC)N1C(=O)[C@@H]2C3c4ccccc4C(c4ccccc43)[C@@H]2C1=O. The molecule has 4 aliphatic rings. The highest BCUT2D eigenvalue weighted by Crippen LogP contribution is 2.61. The van der Waals surface area contributed by atoms with Crippen LogP contribution < -0.4 is 10.1 Å². The number of amides is 3. The summed E-state index contributed by atoms with van der Waals surface area (Å²) in [6.45, 7) is 2.04. The van der Waals surface area contributed by atoms with Crippen LogP contribution in [0.3, 0.4) is 0 Å². The Morgan fingerprint density at radius 2 is 1.32 bits per heavy atom. The van der Waals surface area contributed by atoms with Crippen molar-refractivity contribution >= 4 is 23.4 Å². The van der Waals surface area contributed by atoms with Gasteiger partial charge in [0, 0.05) is 11.8 Å². The van der Waals surface area contributed by atoms with E-state index in [-0.39, 0.29) is 29.6 Å². The van der Waals surface area contributed by atoms with Crippen molar-refractivity contribution in [1.29, 1.82) is 0 Å². The Bertz CT molecular complexity index is 1280. The maximum atomic E-state index is 14.1. The molecule has 1 saturated heterocycles. The van der Waals surface area contributed by atoms with Gasteiger partial charge in [-0.05, 0) is 40.8 Å². The predicted molar refractivity (Wildman–Crippen MR) is 140 cm³/mol. The molecule has 6 nitrogen and oxygen atoms in total. The highest BCUT2D eigenvalue weighted by atomic mass is 16.5. The highest BCUT2D eigenvalue weighted by molar-refractivity contribution is 6.11. The van der Waals surface area contributed by atoms with Gasteiger partial charge < -0.3 is 10.1 Å². The van der Waals surface area contributed by atoms with Gasteiger partial charge in [-0.2, -0.15) is 0 Å². The molecule has 37 heavy (non-hydrogen) atoms. The van der Waals surface area contributed by atoms with Crippen LogP contribution in [0.2, 0.25) is 0 Å². The van der Waals surface area contributed by atoms with Gasteiger partial charge in [0.1, 0.15) is 11.8 Å². The topological polar surface area (TPSA) is 75.7 Å². The van der Waals surface area contributed by atoms with Crippen molar-refractivity contribution in [1.82, 2.24) is 4.90 Å². The van der Waals surface area contributed by atoms with Gasteiger partial charge >= 0.3 is 0 Å². The number of carbonyl (C=O) groups excluding carboxylic acids is 3. The summed E-state index contributed by atoms with van der Waals surface area (Å²) in [6, 6.07) is 22.6. The quantitative estimate of drug-likeness (QED) is 0.465. The van der Waals surface area contributed by atoms with Crippen LogP contribution in [0.4, 0.5) is 5.69 Å². The zero-order valence-electron chi connectivity index (χ0n) is 21.0. The number of hydrogen-bond donors (Lipinski definition) is 1. The number of ether oxygens (including phenoxy) is 1. The Morgan fingerprint density at radius 1 is 0.838 bits per heavy atom. The molecule has 1 aliphatic heterocycles. The molecule has 1 heterocycles. The molecule has 7 rings (SSSR count). The van der Waals surface area contributed by atoms with Crippen LogP contribution >= 0.6 is 0 Å². The van der Waals surface area contributed by atoms with Gasteiger partial charge in [0.05, 0.1) is 24.6 Å². The largest absolute Gasteiger partial charge is 0.495 e. The molecule has 3 aliphatic carbocycles. The van der Waals surface area contributed by atoms with Crippen molar-refractivity contribution in [2.75, 3.05) is 12.4 Å². The second kappa shape index (κ2) is 9.18. The van der Waals surface area contributed by atoms with Crippen molar-refractivity contribution < 1.29 is 19.1 Å². The smallest absolute Gasteiger partial charge is 0.247 e. The molecule has 3 atom stereocenters. The molecule has 3 aromatic carbocycles. The number of imide groups is 1. The van der Waals surface area contributed by atoms with E-state index in [1.54, 1.807) is 19.2 Å². The van der Waals surface area contributed by atoms with E-state index in [4.69, 9.17) is 4.74 Å². The normalized spacial score (nSPS) is 23.8. The molecule has 1 fully saturated rings. The number of likely N-dealkylation sites (tertiary alicyclic amines) is 1. The minimum atomic E-state index is -0.874. The second-order valence-corrected chi connectivity index (χ2v) is 10.2. The Morgan fingerprint density at radius 3 is 1.81 bits per heavy atom. The molecule has 0 unspecified atom stereocenters. The van der Waals surface area contributed by atoms with Gasteiger partial charge in [-0.15, -0.1) is 0 Å². The van der Waals surface area contributed by atoms with E-state index in [1.807, 2.05) is 43.3 Å². The zero-order valence-corrected chi connectivity index (χ0v) is 21.0. The third-order valence-electron chi connectivity index (χ3n) is 8.29. The van der Waals surface area contributed by atoms with E-state index < -0.39 is 17.9 Å². The predicted octanol–water partition coefficient (Wildman–Crippen LogP) is 5.08. The van der Waals surface area contributed by atoms with Crippen molar-refractivity contribution in [3.05, 3.63) is 95.1 Å². The fourth-order valence-electron chi connectivity index (χ4n) is 6.75. The molecular formula is C31H30N2O4. The molecular weight excluding hydrogens is 464 g/mol. The second-order valence-electron chi connectivity index (χ2n) is 10.2. The van der Waals surface area contributed by atoms with Gasteiger partial charge in [-0.1, -0.05) is 80.4 Å². The maximum Gasteiger partial charge on any atom is 0.247 e. The number of rotatable bonds is 7. The Labute approximate surface area is 216 Å². The summed E-state index contributed by atoms with van der Waals surface area (Å²) in [5.74, 6) is -1.66. The van der Waals surface area contributed by atoms with Gasteiger partial charge in [-0.3, -0.25) is 19.3 Å². The first-order chi connectivity index (χ1) is 18.1. The summed E-state index contributed by atoms with van der Waals surface area (Å²) < 4.78 is 5.40. The fourth-order valence-corrected chi connectivity index (χ4v) is 6.75. The molecule has 0 radical (unpaired) electrons. The molecule has 0 spiro atoms. The number of nitrogens with zero attached hydrogens (tertiary/aromatic N) is 1. The first-order valence-electron chi connectivity index (χ1n) is 13.0. The lowest BCUT2D eigenvalue weighted by molar-refractivity contribution is -0.147. The summed E-state index contributed by atoms with van der Waals surface area (Å²) >= 11 is 0. The number of unbranched alkanes of at least 4 members (excludes halogenated alkanes) is 1. The van der Waals surface area contributed by atoms with Crippen LogP contribution in [-0.4, -0.2) is 35.8 Å². The highest BCUT2D eigenvalue weighted by Gasteiger charge is 2.62. The molecule has 6 heteroatoms. The van der Waals surface area contributed by atoms with Gasteiger partial charge in [-0.25, -0.2) is 0 Å². The molecule has 0 saturated carbocycles. The van der Waals surface area contributed by atoms with Crippen molar-refractivity contribution in [3.8, 4) is 5.75 Å². The number of para-hydroxylation sites is 2. The van der Waals surface area contributed by atoms with Crippen LogP contribution in [0.5, 0.6) is 5.75 Å². The molecule has 1 N–H and O–H groups in total. The number of hydrogen-bond acceptors (Lipinski definition) is 4. The maximum absolute atomic E-state index is 14.1. The third kappa shape index (κ3) is 3.50. The van der Waals surface area contributed by atoms with Crippen LogP contribution in [0.1, 0.15) is 60.3 Å². The monoisotopic (exact) mass is 494 g/mol. The molecule has 188 valence electrons. The lowest BCUT2D eigenvalue weighted by Gasteiger charge is -2.45. The van der Waals surface area contributed by atoms with E-state index in [1.165, 1.54) is 4.90 Å². The third-order valence-corrected chi connectivity index (χ3v) is 8.29. The summed E-state index contributed by atoms with van der Waals surface area (Å²) in [6.07, 6.45) is 2.00. The van der Waals surface area contributed by atoms with E-state index in [2.05, 4.69) is 29.6 Å². The minimum Gasteiger partial charge on any atom is -0.495 e. The Balaban J connectivity index is 1.40. The van der Waals surface area contributed by atoms with Crippen LogP contribution in [0.15, 0.2) is 72.8 Å². The molecule has 0 aromatic heterocycles. The summed E-state index contributed by atoms with van der Waals surface area (Å²) in [7, 11) is 1.54. The number of methoxy groups -OCH3 is 1.